The first-order valence-corrected chi connectivity index (χ1v) is 7.59. The van der Waals surface area contributed by atoms with Crippen LogP contribution >= 0.6 is 24.0 Å². The molecule has 20 heavy (non-hydrogen) atoms. The summed E-state index contributed by atoms with van der Waals surface area (Å²) in [6.45, 7) is 11.0. The minimum absolute atomic E-state index is 0. The zero-order valence-electron chi connectivity index (χ0n) is 13.3. The Morgan fingerprint density at radius 1 is 1.30 bits per heavy atom. The van der Waals surface area contributed by atoms with Gasteiger partial charge in [-0.1, -0.05) is 6.92 Å². The Morgan fingerprint density at radius 2 is 2.05 bits per heavy atom. The van der Waals surface area contributed by atoms with Crippen molar-refractivity contribution in [2.45, 2.75) is 39.2 Å². The number of rotatable bonds is 6. The Kier molecular flexibility index (Phi) is 11.5. The van der Waals surface area contributed by atoms with Crippen LogP contribution in [0.3, 0.4) is 0 Å². The molecule has 0 spiro atoms. The molecule has 0 radical (unpaired) electrons. The number of aliphatic imine (C=N–C) groups is 1. The highest BCUT2D eigenvalue weighted by atomic mass is 127. The van der Waals surface area contributed by atoms with Gasteiger partial charge in [-0.05, 0) is 52.9 Å². The van der Waals surface area contributed by atoms with Gasteiger partial charge in [-0.3, -0.25) is 4.99 Å². The van der Waals surface area contributed by atoms with Gasteiger partial charge in [0.15, 0.2) is 5.96 Å². The molecular formula is C14H32IN5. The lowest BCUT2D eigenvalue weighted by molar-refractivity contribution is 0.275. The zero-order valence-corrected chi connectivity index (χ0v) is 15.6. The summed E-state index contributed by atoms with van der Waals surface area (Å²) in [5.41, 5.74) is 5.83. The molecule has 1 saturated heterocycles. The quantitative estimate of drug-likeness (QED) is 0.307. The fraction of sp³-hybridized carbons (Fsp3) is 0.929. The number of likely N-dealkylation sites (N-methyl/N-ethyl adjacent to an activating group) is 1. The first-order chi connectivity index (χ1) is 9.11. The lowest BCUT2D eigenvalue weighted by atomic mass is 10.3. The molecule has 5 nitrogen and oxygen atoms in total. The molecule has 0 amide bonds. The summed E-state index contributed by atoms with van der Waals surface area (Å²) in [5, 5.41) is 3.19. The second-order valence-corrected chi connectivity index (χ2v) is 5.57. The molecule has 0 aromatic heterocycles. The Labute approximate surface area is 141 Å². The van der Waals surface area contributed by atoms with Crippen LogP contribution in [0.1, 0.15) is 33.1 Å². The number of nitrogens with zero attached hydrogens (tertiary/aromatic N) is 3. The topological polar surface area (TPSA) is 56.9 Å². The molecule has 1 fully saturated rings. The lowest BCUT2D eigenvalue weighted by Crippen LogP contribution is -2.38. The van der Waals surface area contributed by atoms with E-state index in [0.29, 0.717) is 12.0 Å². The van der Waals surface area contributed by atoms with Crippen LogP contribution in [0.25, 0.3) is 0 Å². The number of halogens is 1. The average molecular weight is 397 g/mol. The fourth-order valence-corrected chi connectivity index (χ4v) is 2.22. The van der Waals surface area contributed by atoms with Crippen LogP contribution < -0.4 is 11.1 Å². The number of hydrogen-bond acceptors (Lipinski definition) is 3. The second-order valence-electron chi connectivity index (χ2n) is 5.57. The molecule has 1 aliphatic rings. The van der Waals surface area contributed by atoms with Gasteiger partial charge in [0, 0.05) is 25.7 Å². The van der Waals surface area contributed by atoms with E-state index in [2.05, 4.69) is 41.0 Å². The minimum Gasteiger partial charge on any atom is -0.370 e. The summed E-state index contributed by atoms with van der Waals surface area (Å²) in [5.74, 6) is 0.588. The Morgan fingerprint density at radius 3 is 2.75 bits per heavy atom. The van der Waals surface area contributed by atoms with Gasteiger partial charge in [-0.2, -0.15) is 0 Å². The van der Waals surface area contributed by atoms with Gasteiger partial charge >= 0.3 is 0 Å². The number of nitrogens with two attached hydrogens (primary N) is 1. The summed E-state index contributed by atoms with van der Waals surface area (Å²) in [7, 11) is 2.20. The normalized spacial score (nSPS) is 20.1. The van der Waals surface area contributed by atoms with Crippen molar-refractivity contribution in [2.75, 3.05) is 46.3 Å². The second kappa shape index (κ2) is 11.6. The predicted octanol–water partition coefficient (Wildman–Crippen LogP) is 1.33. The number of hydrogen-bond donors (Lipinski definition) is 2. The van der Waals surface area contributed by atoms with Crippen LogP contribution in [0.15, 0.2) is 4.99 Å². The molecule has 1 unspecified atom stereocenters. The molecule has 1 rings (SSSR count). The van der Waals surface area contributed by atoms with E-state index in [1.54, 1.807) is 0 Å². The highest BCUT2D eigenvalue weighted by molar-refractivity contribution is 14.0. The molecule has 0 aliphatic carbocycles. The average Bonchev–Trinajstić information content (AvgIpc) is 2.59. The third-order valence-electron chi connectivity index (χ3n) is 3.73. The van der Waals surface area contributed by atoms with Crippen molar-refractivity contribution in [2.24, 2.45) is 10.7 Å². The standard InChI is InChI=1S/C14H31N5.HI/c1-4-13(2)17-14(15)16-7-5-9-19-10-6-8-18(3)11-12-19;/h13H,4-12H2,1-3H3,(H3,15,16,17);1H. The van der Waals surface area contributed by atoms with Crippen molar-refractivity contribution in [1.82, 2.24) is 15.1 Å². The maximum absolute atomic E-state index is 5.83. The van der Waals surface area contributed by atoms with Gasteiger partial charge in [-0.25, -0.2) is 0 Å². The molecule has 1 heterocycles. The monoisotopic (exact) mass is 397 g/mol. The first kappa shape index (κ1) is 19.9. The zero-order chi connectivity index (χ0) is 14.1. The number of guanidine groups is 1. The Hall–Kier alpha value is -0.0800. The molecule has 3 N–H and O–H groups in total. The lowest BCUT2D eigenvalue weighted by Gasteiger charge is -2.19. The summed E-state index contributed by atoms with van der Waals surface area (Å²) >= 11 is 0. The Bertz CT molecular complexity index is 272. The molecule has 1 aliphatic heterocycles. The van der Waals surface area contributed by atoms with E-state index in [-0.39, 0.29) is 24.0 Å². The van der Waals surface area contributed by atoms with E-state index in [4.69, 9.17) is 5.73 Å². The van der Waals surface area contributed by atoms with Crippen LogP contribution in [0.2, 0.25) is 0 Å². The molecule has 0 saturated carbocycles. The third kappa shape index (κ3) is 8.97. The van der Waals surface area contributed by atoms with E-state index in [0.717, 1.165) is 25.9 Å². The van der Waals surface area contributed by atoms with E-state index in [1.165, 1.54) is 32.6 Å². The van der Waals surface area contributed by atoms with E-state index < -0.39 is 0 Å². The van der Waals surface area contributed by atoms with E-state index >= 15 is 0 Å². The van der Waals surface area contributed by atoms with Crippen molar-refractivity contribution in [1.29, 1.82) is 0 Å². The smallest absolute Gasteiger partial charge is 0.188 e. The summed E-state index contributed by atoms with van der Waals surface area (Å²) in [4.78, 5) is 9.33. The maximum atomic E-state index is 5.83. The van der Waals surface area contributed by atoms with E-state index in [1.807, 2.05) is 0 Å². The van der Waals surface area contributed by atoms with Crippen LogP contribution in [-0.2, 0) is 0 Å². The van der Waals surface area contributed by atoms with Gasteiger partial charge in [0.05, 0.1) is 0 Å². The molecule has 0 aromatic carbocycles. The van der Waals surface area contributed by atoms with Crippen molar-refractivity contribution in [3.05, 3.63) is 0 Å². The Balaban J connectivity index is 0.00000361. The highest BCUT2D eigenvalue weighted by Gasteiger charge is 2.10. The van der Waals surface area contributed by atoms with Gasteiger partial charge in [0.2, 0.25) is 0 Å². The summed E-state index contributed by atoms with van der Waals surface area (Å²) < 4.78 is 0. The molecule has 120 valence electrons. The van der Waals surface area contributed by atoms with Crippen molar-refractivity contribution >= 4 is 29.9 Å². The van der Waals surface area contributed by atoms with Crippen LogP contribution in [0.5, 0.6) is 0 Å². The largest absolute Gasteiger partial charge is 0.370 e. The summed E-state index contributed by atoms with van der Waals surface area (Å²) in [6.07, 6.45) is 3.43. The van der Waals surface area contributed by atoms with E-state index in [9.17, 15) is 0 Å². The summed E-state index contributed by atoms with van der Waals surface area (Å²) in [6, 6.07) is 0.407. The predicted molar refractivity (Wildman–Crippen MR) is 98.0 cm³/mol. The molecule has 0 bridgehead atoms. The first-order valence-electron chi connectivity index (χ1n) is 7.59. The third-order valence-corrected chi connectivity index (χ3v) is 3.73. The van der Waals surface area contributed by atoms with Gasteiger partial charge in [-0.15, -0.1) is 24.0 Å². The SMILES string of the molecule is CCC(C)NC(N)=NCCCN1CCCN(C)CC1.I. The van der Waals surface area contributed by atoms with Crippen molar-refractivity contribution in [3.8, 4) is 0 Å². The number of nitrogens with one attached hydrogen (secondary N) is 1. The highest BCUT2D eigenvalue weighted by Crippen LogP contribution is 2.01. The maximum Gasteiger partial charge on any atom is 0.188 e. The van der Waals surface area contributed by atoms with Crippen LogP contribution in [0, 0.1) is 0 Å². The van der Waals surface area contributed by atoms with Gasteiger partial charge in [0.1, 0.15) is 0 Å². The van der Waals surface area contributed by atoms with Crippen LogP contribution in [0.4, 0.5) is 0 Å². The molecule has 6 heteroatoms. The molecule has 1 atom stereocenters. The molecular weight excluding hydrogens is 365 g/mol. The van der Waals surface area contributed by atoms with Crippen molar-refractivity contribution in [3.63, 3.8) is 0 Å². The van der Waals surface area contributed by atoms with Crippen LogP contribution in [-0.4, -0.2) is 68.1 Å². The van der Waals surface area contributed by atoms with Gasteiger partial charge in [0.25, 0.3) is 0 Å². The fourth-order valence-electron chi connectivity index (χ4n) is 2.22. The minimum atomic E-state index is 0. The molecule has 0 aromatic rings. The van der Waals surface area contributed by atoms with Gasteiger partial charge < -0.3 is 20.9 Å². The van der Waals surface area contributed by atoms with Crippen molar-refractivity contribution < 1.29 is 0 Å².